The number of hydrogen-bond acceptors (Lipinski definition) is 2. The first kappa shape index (κ1) is 13.5. The molecule has 1 aromatic carbocycles. The summed E-state index contributed by atoms with van der Waals surface area (Å²) in [5.41, 5.74) is 5.82. The summed E-state index contributed by atoms with van der Waals surface area (Å²) >= 11 is 9.26. The van der Waals surface area contributed by atoms with Crippen LogP contribution in [-0.4, -0.2) is 11.4 Å². The Hall–Kier alpha value is -0.580. The second-order valence-corrected chi connectivity index (χ2v) is 5.66. The van der Waals surface area contributed by atoms with Gasteiger partial charge >= 0.3 is 0 Å². The van der Waals surface area contributed by atoms with Crippen molar-refractivity contribution in [2.75, 3.05) is 5.32 Å². The average molecular weight is 306 g/mol. The lowest BCUT2D eigenvalue weighted by molar-refractivity contribution is -0.117. The summed E-state index contributed by atoms with van der Waals surface area (Å²) in [5, 5.41) is 3.23. The number of anilines is 1. The van der Waals surface area contributed by atoms with Crippen molar-refractivity contribution in [1.29, 1.82) is 0 Å². The van der Waals surface area contributed by atoms with Crippen molar-refractivity contribution < 1.29 is 4.79 Å². The van der Waals surface area contributed by atoms with Crippen molar-refractivity contribution in [3.8, 4) is 0 Å². The number of halogens is 2. The van der Waals surface area contributed by atoms with Gasteiger partial charge in [-0.25, -0.2) is 0 Å². The minimum atomic E-state index is -0.525. The molecule has 0 aliphatic carbocycles. The molecule has 0 aliphatic rings. The molecule has 0 aliphatic heterocycles. The minimum Gasteiger partial charge on any atom is -0.325 e. The molecule has 1 amide bonds. The lowest BCUT2D eigenvalue weighted by Gasteiger charge is -2.17. The van der Waals surface area contributed by atoms with Gasteiger partial charge in [0.2, 0.25) is 5.91 Å². The lowest BCUT2D eigenvalue weighted by atomic mass is 10.0. The van der Waals surface area contributed by atoms with Crippen molar-refractivity contribution >= 4 is 39.1 Å². The summed E-state index contributed by atoms with van der Waals surface area (Å²) in [4.78, 5) is 11.6. The van der Waals surface area contributed by atoms with Gasteiger partial charge < -0.3 is 11.1 Å². The van der Waals surface area contributed by atoms with Crippen LogP contribution in [0.2, 0.25) is 5.02 Å². The molecule has 0 saturated carbocycles. The molecular formula is C11H14BrClN2O. The van der Waals surface area contributed by atoms with Crippen molar-refractivity contribution in [3.63, 3.8) is 0 Å². The van der Waals surface area contributed by atoms with Crippen LogP contribution < -0.4 is 11.1 Å². The van der Waals surface area contributed by atoms with Crippen LogP contribution in [-0.2, 0) is 4.79 Å². The molecule has 3 N–H and O–H groups in total. The van der Waals surface area contributed by atoms with Gasteiger partial charge in [-0.3, -0.25) is 4.79 Å². The molecule has 16 heavy (non-hydrogen) atoms. The van der Waals surface area contributed by atoms with E-state index >= 15 is 0 Å². The second-order valence-electron chi connectivity index (χ2n) is 4.34. The Morgan fingerprint density at radius 2 is 2.19 bits per heavy atom. The Morgan fingerprint density at radius 1 is 1.56 bits per heavy atom. The first-order chi connectivity index (χ1) is 7.28. The number of benzene rings is 1. The molecule has 3 nitrogen and oxygen atoms in total. The van der Waals surface area contributed by atoms with Crippen LogP contribution in [0, 0.1) is 0 Å². The third-order valence-electron chi connectivity index (χ3n) is 1.82. The number of amides is 1. The predicted molar refractivity (Wildman–Crippen MR) is 70.7 cm³/mol. The van der Waals surface area contributed by atoms with Gasteiger partial charge in [-0.05, 0) is 32.0 Å². The van der Waals surface area contributed by atoms with Crippen molar-refractivity contribution in [2.24, 2.45) is 5.73 Å². The maximum atomic E-state index is 11.6. The van der Waals surface area contributed by atoms with E-state index in [0.717, 1.165) is 4.47 Å². The number of nitrogens with one attached hydrogen (secondary N) is 1. The Bertz CT molecular complexity index is 401. The maximum Gasteiger partial charge on any atom is 0.226 e. The van der Waals surface area contributed by atoms with E-state index in [2.05, 4.69) is 21.2 Å². The van der Waals surface area contributed by atoms with Crippen LogP contribution in [0.1, 0.15) is 20.3 Å². The number of carbonyl (C=O) groups is 1. The highest BCUT2D eigenvalue weighted by atomic mass is 79.9. The number of rotatable bonds is 3. The van der Waals surface area contributed by atoms with Crippen LogP contribution in [0.5, 0.6) is 0 Å². The molecular weight excluding hydrogens is 291 g/mol. The number of nitrogens with two attached hydrogens (primary N) is 1. The highest BCUT2D eigenvalue weighted by Gasteiger charge is 2.17. The largest absolute Gasteiger partial charge is 0.325 e. The van der Waals surface area contributed by atoms with Gasteiger partial charge in [0.1, 0.15) is 0 Å². The Kier molecular flexibility index (Phi) is 4.35. The van der Waals surface area contributed by atoms with Gasteiger partial charge in [-0.2, -0.15) is 0 Å². The fraction of sp³-hybridized carbons (Fsp3) is 0.364. The predicted octanol–water partition coefficient (Wildman–Crippen LogP) is 3.17. The third kappa shape index (κ3) is 4.51. The molecule has 0 saturated heterocycles. The van der Waals surface area contributed by atoms with Gasteiger partial charge in [-0.1, -0.05) is 27.5 Å². The smallest absolute Gasteiger partial charge is 0.226 e. The van der Waals surface area contributed by atoms with Gasteiger partial charge in [0.25, 0.3) is 0 Å². The number of carbonyl (C=O) groups excluding carboxylic acids is 1. The molecule has 1 rings (SSSR count). The van der Waals surface area contributed by atoms with Crippen molar-refractivity contribution in [1.82, 2.24) is 0 Å². The average Bonchev–Trinajstić information content (AvgIpc) is 2.08. The zero-order chi connectivity index (χ0) is 12.3. The van der Waals surface area contributed by atoms with Crippen molar-refractivity contribution in [2.45, 2.75) is 25.8 Å². The molecule has 5 heteroatoms. The molecule has 0 unspecified atom stereocenters. The van der Waals surface area contributed by atoms with E-state index in [0.29, 0.717) is 10.7 Å². The molecule has 1 aromatic rings. The monoisotopic (exact) mass is 304 g/mol. The van der Waals surface area contributed by atoms with E-state index in [9.17, 15) is 4.79 Å². The molecule has 0 heterocycles. The highest BCUT2D eigenvalue weighted by Crippen LogP contribution is 2.26. The molecule has 0 aromatic heterocycles. The van der Waals surface area contributed by atoms with Crippen LogP contribution in [0.15, 0.2) is 22.7 Å². The second kappa shape index (κ2) is 5.17. The zero-order valence-corrected chi connectivity index (χ0v) is 11.5. The molecule has 0 radical (unpaired) electrons. The summed E-state index contributed by atoms with van der Waals surface area (Å²) in [6, 6.07) is 5.28. The molecule has 0 spiro atoms. The Balaban J connectivity index is 2.73. The first-order valence-corrected chi connectivity index (χ1v) is 5.99. The zero-order valence-electron chi connectivity index (χ0n) is 9.18. The Morgan fingerprint density at radius 3 is 2.75 bits per heavy atom. The quantitative estimate of drug-likeness (QED) is 0.901. The van der Waals surface area contributed by atoms with Gasteiger partial charge in [0.15, 0.2) is 0 Å². The van der Waals surface area contributed by atoms with Crippen LogP contribution in [0.25, 0.3) is 0 Å². The molecule has 0 atom stereocenters. The number of hydrogen-bond donors (Lipinski definition) is 2. The Labute approximate surface area is 108 Å². The van der Waals surface area contributed by atoms with Crippen LogP contribution >= 0.6 is 27.5 Å². The normalized spacial score (nSPS) is 11.3. The van der Waals surface area contributed by atoms with E-state index in [1.165, 1.54) is 0 Å². The topological polar surface area (TPSA) is 55.1 Å². The van der Waals surface area contributed by atoms with E-state index < -0.39 is 5.54 Å². The SMILES string of the molecule is CC(C)(N)CC(=O)Nc1cc(Br)ccc1Cl. The third-order valence-corrected chi connectivity index (χ3v) is 2.64. The van der Waals surface area contributed by atoms with E-state index in [1.807, 2.05) is 6.07 Å². The molecule has 88 valence electrons. The van der Waals surface area contributed by atoms with Crippen LogP contribution in [0.3, 0.4) is 0 Å². The van der Waals surface area contributed by atoms with Gasteiger partial charge in [-0.15, -0.1) is 0 Å². The summed E-state index contributed by atoms with van der Waals surface area (Å²) in [5.74, 6) is -0.146. The lowest BCUT2D eigenvalue weighted by Crippen LogP contribution is -2.36. The maximum absolute atomic E-state index is 11.6. The summed E-state index contributed by atoms with van der Waals surface area (Å²) in [6.45, 7) is 3.60. The van der Waals surface area contributed by atoms with Crippen molar-refractivity contribution in [3.05, 3.63) is 27.7 Å². The van der Waals surface area contributed by atoms with Crippen LogP contribution in [0.4, 0.5) is 5.69 Å². The fourth-order valence-corrected chi connectivity index (χ4v) is 1.73. The van der Waals surface area contributed by atoms with E-state index in [-0.39, 0.29) is 12.3 Å². The summed E-state index contributed by atoms with van der Waals surface area (Å²) < 4.78 is 0.860. The highest BCUT2D eigenvalue weighted by molar-refractivity contribution is 9.10. The van der Waals surface area contributed by atoms with Gasteiger partial charge in [0, 0.05) is 16.4 Å². The van der Waals surface area contributed by atoms with Gasteiger partial charge in [0.05, 0.1) is 10.7 Å². The van der Waals surface area contributed by atoms with E-state index in [4.69, 9.17) is 17.3 Å². The minimum absolute atomic E-state index is 0.146. The first-order valence-electron chi connectivity index (χ1n) is 4.82. The standard InChI is InChI=1S/C11H14BrClN2O/c1-11(2,14)6-10(16)15-9-5-7(12)3-4-8(9)13/h3-5H,6,14H2,1-2H3,(H,15,16). The summed E-state index contributed by atoms with van der Waals surface area (Å²) in [7, 11) is 0. The van der Waals surface area contributed by atoms with E-state index in [1.54, 1.807) is 26.0 Å². The summed E-state index contributed by atoms with van der Waals surface area (Å²) in [6.07, 6.45) is 0.246. The fourth-order valence-electron chi connectivity index (χ4n) is 1.20. The molecule has 0 bridgehead atoms. The molecule has 0 fully saturated rings.